The Morgan fingerprint density at radius 3 is 2.76 bits per heavy atom. The zero-order chi connectivity index (χ0) is 12.4. The standard InChI is InChI=1S/C11H12Cl2N4/c1-17-6-11(15-16-17)10(14)4-7-2-3-8(12)5-9(7)13/h2-3,5-6,10H,4,14H2,1H3. The van der Waals surface area contributed by atoms with Crippen molar-refractivity contribution in [2.75, 3.05) is 0 Å². The first-order valence-corrected chi connectivity index (χ1v) is 5.87. The number of hydrogen-bond acceptors (Lipinski definition) is 3. The zero-order valence-corrected chi connectivity index (χ0v) is 10.8. The smallest absolute Gasteiger partial charge is 0.0997 e. The Hall–Kier alpha value is -1.10. The second-order valence-corrected chi connectivity index (χ2v) is 4.71. The second-order valence-electron chi connectivity index (χ2n) is 3.86. The summed E-state index contributed by atoms with van der Waals surface area (Å²) in [5, 5.41) is 9.07. The number of rotatable bonds is 3. The van der Waals surface area contributed by atoms with E-state index in [1.807, 2.05) is 6.07 Å². The summed E-state index contributed by atoms with van der Waals surface area (Å²) in [7, 11) is 1.80. The number of aromatic nitrogens is 3. The van der Waals surface area contributed by atoms with E-state index < -0.39 is 0 Å². The van der Waals surface area contributed by atoms with Crippen molar-refractivity contribution in [3.63, 3.8) is 0 Å². The highest BCUT2D eigenvalue weighted by molar-refractivity contribution is 6.35. The predicted octanol–water partition coefficient (Wildman–Crippen LogP) is 2.36. The summed E-state index contributed by atoms with van der Waals surface area (Å²) in [6.07, 6.45) is 2.41. The van der Waals surface area contributed by atoms with Crippen LogP contribution in [0.25, 0.3) is 0 Å². The summed E-state index contributed by atoms with van der Waals surface area (Å²) >= 11 is 11.9. The van der Waals surface area contributed by atoms with Crippen molar-refractivity contribution >= 4 is 23.2 Å². The maximum atomic E-state index is 6.09. The van der Waals surface area contributed by atoms with Gasteiger partial charge < -0.3 is 5.73 Å². The van der Waals surface area contributed by atoms with E-state index in [2.05, 4.69) is 10.3 Å². The molecule has 2 N–H and O–H groups in total. The molecule has 1 unspecified atom stereocenters. The van der Waals surface area contributed by atoms with Crippen LogP contribution in [0.5, 0.6) is 0 Å². The minimum atomic E-state index is -0.220. The van der Waals surface area contributed by atoms with E-state index in [4.69, 9.17) is 28.9 Å². The third-order valence-electron chi connectivity index (χ3n) is 2.46. The Bertz CT molecular complexity index is 524. The molecular formula is C11H12Cl2N4. The average molecular weight is 271 g/mol. The maximum absolute atomic E-state index is 6.09. The number of nitrogens with zero attached hydrogens (tertiary/aromatic N) is 3. The number of halogens is 2. The van der Waals surface area contributed by atoms with Crippen LogP contribution in [0.15, 0.2) is 24.4 Å². The van der Waals surface area contributed by atoms with Gasteiger partial charge in [-0.1, -0.05) is 34.5 Å². The molecule has 0 bridgehead atoms. The first-order valence-electron chi connectivity index (χ1n) is 5.12. The highest BCUT2D eigenvalue weighted by Gasteiger charge is 2.12. The SMILES string of the molecule is Cn1cc(C(N)Cc2ccc(Cl)cc2Cl)nn1. The van der Waals surface area contributed by atoms with Gasteiger partial charge in [0.2, 0.25) is 0 Å². The molecule has 2 aromatic rings. The van der Waals surface area contributed by atoms with Crippen LogP contribution in [0.4, 0.5) is 0 Å². The molecule has 0 fully saturated rings. The van der Waals surface area contributed by atoms with Crippen LogP contribution in [0, 0.1) is 0 Å². The van der Waals surface area contributed by atoms with Gasteiger partial charge in [-0.25, -0.2) is 0 Å². The second kappa shape index (κ2) is 5.04. The molecule has 0 amide bonds. The van der Waals surface area contributed by atoms with Crippen LogP contribution < -0.4 is 5.73 Å². The van der Waals surface area contributed by atoms with Crippen LogP contribution in [0.1, 0.15) is 17.3 Å². The van der Waals surface area contributed by atoms with E-state index in [9.17, 15) is 0 Å². The fourth-order valence-electron chi connectivity index (χ4n) is 1.56. The van der Waals surface area contributed by atoms with Gasteiger partial charge >= 0.3 is 0 Å². The molecule has 4 nitrogen and oxygen atoms in total. The summed E-state index contributed by atoms with van der Waals surface area (Å²) in [6, 6.07) is 5.16. The van der Waals surface area contributed by atoms with Crippen molar-refractivity contribution in [2.24, 2.45) is 12.8 Å². The van der Waals surface area contributed by atoms with Gasteiger partial charge in [0.1, 0.15) is 0 Å². The molecule has 1 heterocycles. The largest absolute Gasteiger partial charge is 0.322 e. The molecule has 0 aliphatic heterocycles. The lowest BCUT2D eigenvalue weighted by Crippen LogP contribution is -2.14. The number of benzene rings is 1. The van der Waals surface area contributed by atoms with Crippen molar-refractivity contribution in [3.05, 3.63) is 45.7 Å². The molecule has 0 spiro atoms. The zero-order valence-electron chi connectivity index (χ0n) is 9.27. The molecule has 0 aliphatic rings. The fourth-order valence-corrected chi connectivity index (χ4v) is 2.05. The van der Waals surface area contributed by atoms with Gasteiger partial charge in [-0.15, -0.1) is 5.10 Å². The molecule has 0 saturated carbocycles. The van der Waals surface area contributed by atoms with Crippen LogP contribution >= 0.6 is 23.2 Å². The summed E-state index contributed by atoms with van der Waals surface area (Å²) < 4.78 is 1.62. The molecule has 0 radical (unpaired) electrons. The summed E-state index contributed by atoms with van der Waals surface area (Å²) in [5.41, 5.74) is 7.74. The first kappa shape index (κ1) is 12.4. The third-order valence-corrected chi connectivity index (χ3v) is 3.04. The molecule has 1 aromatic heterocycles. The molecule has 1 atom stereocenters. The molecule has 0 saturated heterocycles. The minimum Gasteiger partial charge on any atom is -0.322 e. The van der Waals surface area contributed by atoms with E-state index in [1.165, 1.54) is 0 Å². The van der Waals surface area contributed by atoms with Crippen molar-refractivity contribution in [2.45, 2.75) is 12.5 Å². The normalized spacial score (nSPS) is 12.7. The number of hydrogen-bond donors (Lipinski definition) is 1. The molecule has 0 aliphatic carbocycles. The fraction of sp³-hybridized carbons (Fsp3) is 0.273. The Morgan fingerprint density at radius 1 is 1.41 bits per heavy atom. The van der Waals surface area contributed by atoms with Gasteiger partial charge in [0.25, 0.3) is 0 Å². The Kier molecular flexibility index (Phi) is 3.66. The summed E-state index contributed by atoms with van der Waals surface area (Å²) in [4.78, 5) is 0. The minimum absolute atomic E-state index is 0.220. The van der Waals surface area contributed by atoms with Crippen molar-refractivity contribution < 1.29 is 0 Å². The Labute approximate surface area is 109 Å². The lowest BCUT2D eigenvalue weighted by Gasteiger charge is -2.09. The van der Waals surface area contributed by atoms with Crippen LogP contribution in [0.3, 0.4) is 0 Å². The van der Waals surface area contributed by atoms with Gasteiger partial charge in [-0.2, -0.15) is 0 Å². The Balaban J connectivity index is 2.15. The van der Waals surface area contributed by atoms with E-state index in [1.54, 1.807) is 30.1 Å². The predicted molar refractivity (Wildman–Crippen MR) is 68.1 cm³/mol. The average Bonchev–Trinajstić information content (AvgIpc) is 2.69. The third kappa shape index (κ3) is 2.97. The van der Waals surface area contributed by atoms with Crippen molar-refractivity contribution in [1.29, 1.82) is 0 Å². The van der Waals surface area contributed by atoms with Gasteiger partial charge in [0.15, 0.2) is 0 Å². The number of nitrogens with two attached hydrogens (primary N) is 1. The Morgan fingerprint density at radius 2 is 2.18 bits per heavy atom. The summed E-state index contributed by atoms with van der Waals surface area (Å²) in [5.74, 6) is 0. The first-order chi connectivity index (χ1) is 8.06. The summed E-state index contributed by atoms with van der Waals surface area (Å²) in [6.45, 7) is 0. The monoisotopic (exact) mass is 270 g/mol. The van der Waals surface area contributed by atoms with Gasteiger partial charge in [-0.3, -0.25) is 4.68 Å². The topological polar surface area (TPSA) is 56.7 Å². The van der Waals surface area contributed by atoms with E-state index in [0.717, 1.165) is 11.3 Å². The molecule has 6 heteroatoms. The van der Waals surface area contributed by atoms with E-state index in [0.29, 0.717) is 16.5 Å². The quantitative estimate of drug-likeness (QED) is 0.932. The van der Waals surface area contributed by atoms with Crippen molar-refractivity contribution in [1.82, 2.24) is 15.0 Å². The maximum Gasteiger partial charge on any atom is 0.0997 e. The highest BCUT2D eigenvalue weighted by Crippen LogP contribution is 2.24. The molecule has 2 rings (SSSR count). The lowest BCUT2D eigenvalue weighted by molar-refractivity contribution is 0.683. The van der Waals surface area contributed by atoms with Crippen LogP contribution in [-0.4, -0.2) is 15.0 Å². The molecular weight excluding hydrogens is 259 g/mol. The molecule has 17 heavy (non-hydrogen) atoms. The molecule has 90 valence electrons. The van der Waals surface area contributed by atoms with Crippen molar-refractivity contribution in [3.8, 4) is 0 Å². The van der Waals surface area contributed by atoms with Gasteiger partial charge in [0.05, 0.1) is 11.7 Å². The van der Waals surface area contributed by atoms with E-state index in [-0.39, 0.29) is 6.04 Å². The van der Waals surface area contributed by atoms with Gasteiger partial charge in [0, 0.05) is 23.3 Å². The number of aryl methyl sites for hydroxylation is 1. The van der Waals surface area contributed by atoms with Gasteiger partial charge in [-0.05, 0) is 24.1 Å². The van der Waals surface area contributed by atoms with E-state index >= 15 is 0 Å². The molecule has 1 aromatic carbocycles. The van der Waals surface area contributed by atoms with Crippen LogP contribution in [0.2, 0.25) is 10.0 Å². The highest BCUT2D eigenvalue weighted by atomic mass is 35.5. The lowest BCUT2D eigenvalue weighted by atomic mass is 10.0. The van der Waals surface area contributed by atoms with Crippen LogP contribution in [-0.2, 0) is 13.5 Å².